The van der Waals surface area contributed by atoms with Crippen LogP contribution in [0.25, 0.3) is 0 Å². The van der Waals surface area contributed by atoms with Gasteiger partial charge in [0, 0.05) is 11.4 Å². The molecule has 0 aromatic heterocycles. The van der Waals surface area contributed by atoms with Crippen molar-refractivity contribution >= 4 is 35.2 Å². The maximum Gasteiger partial charge on any atom is 0.328 e. The van der Waals surface area contributed by atoms with Crippen LogP contribution in [-0.2, 0) is 14.3 Å². The zero-order valence-corrected chi connectivity index (χ0v) is 15.8. The van der Waals surface area contributed by atoms with Crippen LogP contribution >= 0.6 is 23.4 Å². The lowest BCUT2D eigenvalue weighted by Gasteiger charge is -2.16. The molecular formula is C17H24ClNO4S. The standard InChI is InChI=1S/C17H24ClNO4S/c1-12-11-13(18)6-7-15(12)23-9-4-5-16(20)19-14(8-10-24-3)17(21)22-2/h6-7,11,14H,4-5,8-10H2,1-3H3,(H,19,20)/t14-/m0/s1. The van der Waals surface area contributed by atoms with Crippen molar-refractivity contribution < 1.29 is 19.1 Å². The number of methoxy groups -OCH3 is 1. The number of esters is 1. The molecule has 0 aliphatic heterocycles. The quantitative estimate of drug-likeness (QED) is 0.504. The number of hydrogen-bond donors (Lipinski definition) is 1. The van der Waals surface area contributed by atoms with Crippen molar-refractivity contribution in [3.05, 3.63) is 28.8 Å². The van der Waals surface area contributed by atoms with Gasteiger partial charge in [-0.15, -0.1) is 0 Å². The minimum absolute atomic E-state index is 0.178. The van der Waals surface area contributed by atoms with Gasteiger partial charge in [0.1, 0.15) is 11.8 Å². The summed E-state index contributed by atoms with van der Waals surface area (Å²) in [5.74, 6) is 0.944. The van der Waals surface area contributed by atoms with Gasteiger partial charge in [0.25, 0.3) is 0 Å². The van der Waals surface area contributed by atoms with Gasteiger partial charge < -0.3 is 14.8 Å². The molecule has 7 heteroatoms. The van der Waals surface area contributed by atoms with E-state index < -0.39 is 12.0 Å². The monoisotopic (exact) mass is 373 g/mol. The van der Waals surface area contributed by atoms with Gasteiger partial charge >= 0.3 is 5.97 Å². The summed E-state index contributed by atoms with van der Waals surface area (Å²) in [6, 6.07) is 4.82. The lowest BCUT2D eigenvalue weighted by molar-refractivity contribution is -0.145. The number of halogens is 1. The Balaban J connectivity index is 2.35. The fraction of sp³-hybridized carbons (Fsp3) is 0.529. The molecule has 1 N–H and O–H groups in total. The van der Waals surface area contributed by atoms with Crippen LogP contribution in [0.15, 0.2) is 18.2 Å². The number of rotatable bonds is 10. The number of amides is 1. The predicted octanol–water partition coefficient (Wildman–Crippen LogP) is 3.22. The highest BCUT2D eigenvalue weighted by molar-refractivity contribution is 7.98. The van der Waals surface area contributed by atoms with E-state index in [-0.39, 0.29) is 5.91 Å². The molecule has 1 aromatic carbocycles. The topological polar surface area (TPSA) is 64.6 Å². The second-order valence-electron chi connectivity index (χ2n) is 5.29. The summed E-state index contributed by atoms with van der Waals surface area (Å²) in [7, 11) is 1.32. The largest absolute Gasteiger partial charge is 0.493 e. The molecule has 0 saturated carbocycles. The molecule has 0 radical (unpaired) electrons. The lowest BCUT2D eigenvalue weighted by atomic mass is 10.2. The summed E-state index contributed by atoms with van der Waals surface area (Å²) in [6.07, 6.45) is 3.36. The Morgan fingerprint density at radius 2 is 2.12 bits per heavy atom. The average molecular weight is 374 g/mol. The first-order chi connectivity index (χ1) is 11.5. The van der Waals surface area contributed by atoms with Gasteiger partial charge in [-0.1, -0.05) is 11.6 Å². The Morgan fingerprint density at radius 1 is 1.38 bits per heavy atom. The summed E-state index contributed by atoms with van der Waals surface area (Å²) >= 11 is 7.51. The molecule has 1 rings (SSSR count). The highest BCUT2D eigenvalue weighted by Gasteiger charge is 2.20. The molecule has 0 spiro atoms. The Morgan fingerprint density at radius 3 is 2.75 bits per heavy atom. The molecule has 1 amide bonds. The van der Waals surface area contributed by atoms with E-state index in [4.69, 9.17) is 21.1 Å². The fourth-order valence-corrected chi connectivity index (χ4v) is 2.78. The molecule has 1 atom stereocenters. The Labute approximate surface area is 152 Å². The minimum atomic E-state index is -0.589. The average Bonchev–Trinajstić information content (AvgIpc) is 2.56. The number of aryl methyl sites for hydroxylation is 1. The normalized spacial score (nSPS) is 11.7. The third-order valence-electron chi connectivity index (χ3n) is 3.37. The van der Waals surface area contributed by atoms with Crippen LogP contribution in [0.4, 0.5) is 0 Å². The number of carbonyl (C=O) groups is 2. The summed E-state index contributed by atoms with van der Waals surface area (Å²) in [4.78, 5) is 23.6. The minimum Gasteiger partial charge on any atom is -0.493 e. The maximum absolute atomic E-state index is 12.0. The van der Waals surface area contributed by atoms with Crippen molar-refractivity contribution in [2.75, 3.05) is 25.7 Å². The van der Waals surface area contributed by atoms with Crippen LogP contribution in [-0.4, -0.2) is 43.6 Å². The van der Waals surface area contributed by atoms with Gasteiger partial charge in [-0.25, -0.2) is 4.79 Å². The number of thioether (sulfide) groups is 1. The van der Waals surface area contributed by atoms with Crippen molar-refractivity contribution in [3.63, 3.8) is 0 Å². The van der Waals surface area contributed by atoms with Crippen LogP contribution < -0.4 is 10.1 Å². The first-order valence-corrected chi connectivity index (χ1v) is 9.50. The highest BCUT2D eigenvalue weighted by atomic mass is 35.5. The van der Waals surface area contributed by atoms with Gasteiger partial charge in [0.05, 0.1) is 13.7 Å². The molecule has 5 nitrogen and oxygen atoms in total. The molecule has 0 heterocycles. The van der Waals surface area contributed by atoms with E-state index in [1.54, 1.807) is 17.8 Å². The zero-order chi connectivity index (χ0) is 17.9. The fourth-order valence-electron chi connectivity index (χ4n) is 2.08. The van der Waals surface area contributed by atoms with Gasteiger partial charge in [0.15, 0.2) is 0 Å². The van der Waals surface area contributed by atoms with E-state index in [1.807, 2.05) is 25.3 Å². The Kier molecular flexibility index (Phi) is 9.64. The van der Waals surface area contributed by atoms with Crippen LogP contribution in [0.3, 0.4) is 0 Å². The first kappa shape index (κ1) is 20.6. The van der Waals surface area contributed by atoms with Crippen molar-refractivity contribution in [1.29, 1.82) is 0 Å². The molecule has 0 aliphatic carbocycles. The van der Waals surface area contributed by atoms with Crippen molar-refractivity contribution in [3.8, 4) is 5.75 Å². The molecule has 1 aromatic rings. The maximum atomic E-state index is 12.0. The Bertz CT molecular complexity index is 553. The molecule has 0 bridgehead atoms. The lowest BCUT2D eigenvalue weighted by Crippen LogP contribution is -2.41. The van der Waals surface area contributed by atoms with E-state index in [0.717, 1.165) is 17.1 Å². The van der Waals surface area contributed by atoms with Crippen LogP contribution in [0.5, 0.6) is 5.75 Å². The number of ether oxygens (including phenoxy) is 2. The summed E-state index contributed by atoms with van der Waals surface area (Å²) in [6.45, 7) is 2.34. The number of hydrogen-bond acceptors (Lipinski definition) is 5. The van der Waals surface area contributed by atoms with Gasteiger partial charge in [-0.05, 0) is 55.5 Å². The molecule has 0 unspecified atom stereocenters. The van der Waals surface area contributed by atoms with Gasteiger partial charge in [-0.3, -0.25) is 4.79 Å². The van der Waals surface area contributed by atoms with E-state index in [0.29, 0.717) is 30.9 Å². The Hall–Kier alpha value is -1.40. The molecule has 0 fully saturated rings. The molecular weight excluding hydrogens is 350 g/mol. The van der Waals surface area contributed by atoms with Crippen molar-refractivity contribution in [1.82, 2.24) is 5.32 Å². The summed E-state index contributed by atoms with van der Waals surface area (Å²) in [5.41, 5.74) is 0.953. The predicted molar refractivity (Wildman–Crippen MR) is 97.9 cm³/mol. The van der Waals surface area contributed by atoms with Crippen molar-refractivity contribution in [2.45, 2.75) is 32.2 Å². The van der Waals surface area contributed by atoms with E-state index in [9.17, 15) is 9.59 Å². The van der Waals surface area contributed by atoms with E-state index in [2.05, 4.69) is 5.32 Å². The van der Waals surface area contributed by atoms with Crippen LogP contribution in [0.1, 0.15) is 24.8 Å². The van der Waals surface area contributed by atoms with E-state index in [1.165, 1.54) is 7.11 Å². The second kappa shape index (κ2) is 11.2. The number of nitrogens with one attached hydrogen (secondary N) is 1. The first-order valence-electron chi connectivity index (χ1n) is 7.73. The van der Waals surface area contributed by atoms with Crippen molar-refractivity contribution in [2.24, 2.45) is 0 Å². The molecule has 24 heavy (non-hydrogen) atoms. The SMILES string of the molecule is COC(=O)[C@H](CCSC)NC(=O)CCCOc1ccc(Cl)cc1C. The molecule has 0 saturated heterocycles. The smallest absolute Gasteiger partial charge is 0.328 e. The summed E-state index contributed by atoms with van der Waals surface area (Å²) in [5, 5.41) is 3.39. The molecule has 0 aliphatic rings. The van der Waals surface area contributed by atoms with E-state index >= 15 is 0 Å². The van der Waals surface area contributed by atoms with Gasteiger partial charge in [-0.2, -0.15) is 11.8 Å². The highest BCUT2D eigenvalue weighted by Crippen LogP contribution is 2.21. The number of carbonyl (C=O) groups excluding carboxylic acids is 2. The van der Waals surface area contributed by atoms with Crippen LogP contribution in [0.2, 0.25) is 5.02 Å². The molecule has 134 valence electrons. The second-order valence-corrected chi connectivity index (χ2v) is 6.71. The zero-order valence-electron chi connectivity index (χ0n) is 14.3. The van der Waals surface area contributed by atoms with Gasteiger partial charge in [0.2, 0.25) is 5.91 Å². The summed E-state index contributed by atoms with van der Waals surface area (Å²) < 4.78 is 10.4. The number of benzene rings is 1. The van der Waals surface area contributed by atoms with Crippen LogP contribution in [0, 0.1) is 6.92 Å². The third-order valence-corrected chi connectivity index (χ3v) is 4.25. The third kappa shape index (κ3) is 7.45.